The number of rotatable bonds is 5. The zero-order valence-corrected chi connectivity index (χ0v) is 20.1. The van der Waals surface area contributed by atoms with Crippen LogP contribution < -0.4 is 0 Å². The summed E-state index contributed by atoms with van der Waals surface area (Å²) in [6.45, 7) is 11.6. The van der Waals surface area contributed by atoms with Crippen molar-refractivity contribution in [3.63, 3.8) is 0 Å². The summed E-state index contributed by atoms with van der Waals surface area (Å²) in [4.78, 5) is 13.2. The summed E-state index contributed by atoms with van der Waals surface area (Å²) in [6.07, 6.45) is 9.70. The van der Waals surface area contributed by atoms with Crippen molar-refractivity contribution in [2.24, 2.45) is 52.3 Å². The first-order valence-corrected chi connectivity index (χ1v) is 12.9. The van der Waals surface area contributed by atoms with Crippen LogP contribution in [0.1, 0.15) is 98.8 Å². The maximum absolute atomic E-state index is 13.2. The van der Waals surface area contributed by atoms with Crippen LogP contribution in [0.15, 0.2) is 0 Å². The molecule has 4 aliphatic rings. The number of carbonyl (C=O) groups excluding carboxylic acids is 1. The Kier molecular flexibility index (Phi) is 6.21. The van der Waals surface area contributed by atoms with E-state index in [-0.39, 0.29) is 23.5 Å². The van der Waals surface area contributed by atoms with Gasteiger partial charge in [-0.05, 0) is 104 Å². The van der Waals surface area contributed by atoms with Crippen molar-refractivity contribution >= 4 is 5.78 Å². The molecule has 0 aliphatic heterocycles. The molecular formula is C27H46O3. The molecule has 0 radical (unpaired) electrons. The third-order valence-electron chi connectivity index (χ3n) is 11.0. The Morgan fingerprint density at radius 2 is 1.67 bits per heavy atom. The molecule has 30 heavy (non-hydrogen) atoms. The van der Waals surface area contributed by atoms with Gasteiger partial charge in [-0.2, -0.15) is 0 Å². The van der Waals surface area contributed by atoms with Gasteiger partial charge in [-0.25, -0.2) is 0 Å². The first kappa shape index (κ1) is 22.8. The Labute approximate surface area is 184 Å². The normalized spacial score (nSPS) is 48.1. The summed E-state index contributed by atoms with van der Waals surface area (Å²) >= 11 is 0. The third kappa shape index (κ3) is 3.70. The topological polar surface area (TPSA) is 57.5 Å². The summed E-state index contributed by atoms with van der Waals surface area (Å²) in [5, 5.41) is 21.1. The first-order valence-electron chi connectivity index (χ1n) is 12.9. The highest BCUT2D eigenvalue weighted by atomic mass is 16.3. The van der Waals surface area contributed by atoms with E-state index in [1.165, 1.54) is 25.7 Å². The number of aliphatic hydroxyl groups is 2. The number of ketones is 1. The van der Waals surface area contributed by atoms with E-state index in [0.717, 1.165) is 32.1 Å². The monoisotopic (exact) mass is 418 g/mol. The Hall–Kier alpha value is -0.410. The van der Waals surface area contributed by atoms with Crippen LogP contribution in [0, 0.1) is 52.3 Å². The van der Waals surface area contributed by atoms with E-state index in [0.29, 0.717) is 53.1 Å². The van der Waals surface area contributed by atoms with Crippen LogP contribution >= 0.6 is 0 Å². The second-order valence-corrected chi connectivity index (χ2v) is 12.7. The summed E-state index contributed by atoms with van der Waals surface area (Å²) in [6, 6.07) is 0. The van der Waals surface area contributed by atoms with Crippen LogP contribution in [0.5, 0.6) is 0 Å². The van der Waals surface area contributed by atoms with Crippen LogP contribution in [0.3, 0.4) is 0 Å². The molecule has 172 valence electrons. The van der Waals surface area contributed by atoms with Crippen LogP contribution in [0.4, 0.5) is 0 Å². The van der Waals surface area contributed by atoms with E-state index < -0.39 is 0 Å². The molecule has 0 aromatic heterocycles. The SMILES string of the molecule is CC(C)[C@H](C)C[C@H](O)CC1CCC2C3CC(=O)[C@H]4C[C@@H](O)CC[C@]4(C)C3CC[C@]12C. The predicted molar refractivity (Wildman–Crippen MR) is 121 cm³/mol. The minimum atomic E-state index is -0.275. The Morgan fingerprint density at radius 1 is 1.00 bits per heavy atom. The molecule has 4 saturated carbocycles. The van der Waals surface area contributed by atoms with Crippen molar-refractivity contribution < 1.29 is 15.0 Å². The zero-order valence-electron chi connectivity index (χ0n) is 20.1. The van der Waals surface area contributed by atoms with Gasteiger partial charge in [0.25, 0.3) is 0 Å². The molecule has 4 unspecified atom stereocenters. The van der Waals surface area contributed by atoms with Gasteiger partial charge in [0.1, 0.15) is 5.78 Å². The van der Waals surface area contributed by atoms with Gasteiger partial charge < -0.3 is 10.2 Å². The maximum atomic E-state index is 13.2. The molecule has 3 nitrogen and oxygen atoms in total. The highest BCUT2D eigenvalue weighted by Crippen LogP contribution is 2.67. The number of carbonyl (C=O) groups is 1. The molecule has 0 aromatic carbocycles. The molecule has 0 bridgehead atoms. The fourth-order valence-electron chi connectivity index (χ4n) is 8.64. The number of Topliss-reactive ketones (excluding diaryl/α,β-unsaturated/α-hetero) is 1. The lowest BCUT2D eigenvalue weighted by molar-refractivity contribution is -0.159. The van der Waals surface area contributed by atoms with Crippen LogP contribution in [0.2, 0.25) is 0 Å². The summed E-state index contributed by atoms with van der Waals surface area (Å²) < 4.78 is 0. The molecule has 10 atom stereocenters. The molecule has 2 N–H and O–H groups in total. The fourth-order valence-corrected chi connectivity index (χ4v) is 8.64. The lowest BCUT2D eigenvalue weighted by Crippen LogP contribution is -2.57. The van der Waals surface area contributed by atoms with Crippen molar-refractivity contribution in [1.29, 1.82) is 0 Å². The lowest BCUT2D eigenvalue weighted by Gasteiger charge is -2.60. The molecule has 4 aliphatic carbocycles. The van der Waals surface area contributed by atoms with Gasteiger partial charge in [0.15, 0.2) is 0 Å². The van der Waals surface area contributed by atoms with Crippen molar-refractivity contribution in [2.75, 3.05) is 0 Å². The Balaban J connectivity index is 1.49. The predicted octanol–water partition coefficient (Wildman–Crippen LogP) is 5.62. The van der Waals surface area contributed by atoms with Crippen molar-refractivity contribution in [3.8, 4) is 0 Å². The first-order chi connectivity index (χ1) is 14.1. The highest BCUT2D eigenvalue weighted by molar-refractivity contribution is 5.83. The van der Waals surface area contributed by atoms with Crippen molar-refractivity contribution in [2.45, 2.75) is 111 Å². The highest BCUT2D eigenvalue weighted by Gasteiger charge is 2.62. The average Bonchev–Trinajstić information content (AvgIpc) is 2.99. The Morgan fingerprint density at radius 3 is 2.37 bits per heavy atom. The summed E-state index contributed by atoms with van der Waals surface area (Å²) in [5.41, 5.74) is 0.395. The smallest absolute Gasteiger partial charge is 0.136 e. The van der Waals surface area contributed by atoms with E-state index in [1.807, 2.05) is 0 Å². The van der Waals surface area contributed by atoms with Gasteiger partial charge in [-0.3, -0.25) is 4.79 Å². The quantitative estimate of drug-likeness (QED) is 0.609. The van der Waals surface area contributed by atoms with Gasteiger partial charge in [0, 0.05) is 12.3 Å². The molecule has 0 aromatic rings. The molecule has 4 rings (SSSR count). The lowest BCUT2D eigenvalue weighted by atomic mass is 9.44. The number of fused-ring (bicyclic) bond motifs is 5. The average molecular weight is 419 g/mol. The molecule has 4 fully saturated rings. The second kappa shape index (κ2) is 8.18. The van der Waals surface area contributed by atoms with E-state index in [1.54, 1.807) is 0 Å². The minimum Gasteiger partial charge on any atom is -0.393 e. The van der Waals surface area contributed by atoms with Crippen LogP contribution in [-0.2, 0) is 4.79 Å². The maximum Gasteiger partial charge on any atom is 0.136 e. The Bertz CT molecular complexity index is 644. The molecule has 0 heterocycles. The molecule has 3 heteroatoms. The van der Waals surface area contributed by atoms with Gasteiger partial charge in [-0.1, -0.05) is 34.6 Å². The van der Waals surface area contributed by atoms with Crippen molar-refractivity contribution in [3.05, 3.63) is 0 Å². The van der Waals surface area contributed by atoms with E-state index in [9.17, 15) is 15.0 Å². The molecule has 0 saturated heterocycles. The van der Waals surface area contributed by atoms with Crippen LogP contribution in [-0.4, -0.2) is 28.2 Å². The number of hydrogen-bond acceptors (Lipinski definition) is 3. The van der Waals surface area contributed by atoms with E-state index >= 15 is 0 Å². The summed E-state index contributed by atoms with van der Waals surface area (Å²) in [5.74, 6) is 4.14. The van der Waals surface area contributed by atoms with Gasteiger partial charge in [0.2, 0.25) is 0 Å². The second-order valence-electron chi connectivity index (χ2n) is 12.7. The van der Waals surface area contributed by atoms with Gasteiger partial charge in [-0.15, -0.1) is 0 Å². The minimum absolute atomic E-state index is 0.0865. The molecular weight excluding hydrogens is 372 g/mol. The third-order valence-corrected chi connectivity index (χ3v) is 11.0. The fraction of sp³-hybridized carbons (Fsp3) is 0.963. The number of hydrogen-bond donors (Lipinski definition) is 2. The summed E-state index contributed by atoms with van der Waals surface area (Å²) in [7, 11) is 0. The van der Waals surface area contributed by atoms with E-state index in [4.69, 9.17) is 0 Å². The number of aliphatic hydroxyl groups excluding tert-OH is 2. The zero-order chi connectivity index (χ0) is 21.8. The van der Waals surface area contributed by atoms with E-state index in [2.05, 4.69) is 34.6 Å². The largest absolute Gasteiger partial charge is 0.393 e. The molecule has 0 amide bonds. The van der Waals surface area contributed by atoms with Crippen molar-refractivity contribution in [1.82, 2.24) is 0 Å². The van der Waals surface area contributed by atoms with Crippen LogP contribution in [0.25, 0.3) is 0 Å². The van der Waals surface area contributed by atoms with Gasteiger partial charge >= 0.3 is 0 Å². The van der Waals surface area contributed by atoms with Gasteiger partial charge in [0.05, 0.1) is 12.2 Å². The molecule has 0 spiro atoms. The standard InChI is InChI=1S/C27H46O3/c1-16(2)17(3)12-20(29)13-18-6-7-22-21-15-25(30)24-14-19(28)8-10-27(24,5)23(21)9-11-26(18,22)4/h16-24,28-29H,6-15H2,1-5H3/t17-,18?,19+,20+,21?,22?,23?,24-,26-,27-/m1/s1.